The Labute approximate surface area is 94.1 Å². The number of carbonyl (C=O) groups excluding carboxylic acids is 2. The maximum Gasteiger partial charge on any atom is 0.255 e. The van der Waals surface area contributed by atoms with E-state index >= 15 is 0 Å². The minimum atomic E-state index is -0.308. The highest BCUT2D eigenvalue weighted by Crippen LogP contribution is 1.99. The maximum atomic E-state index is 11.2. The number of nitrogens with zero attached hydrogens (tertiary/aromatic N) is 1. The van der Waals surface area contributed by atoms with Crippen LogP contribution in [-0.2, 0) is 19.1 Å². The van der Waals surface area contributed by atoms with Crippen molar-refractivity contribution in [1.29, 1.82) is 0 Å². The highest BCUT2D eigenvalue weighted by atomic mass is 35.5. The molecule has 0 spiro atoms. The van der Waals surface area contributed by atoms with Crippen LogP contribution in [0.25, 0.3) is 0 Å². The lowest BCUT2D eigenvalue weighted by atomic mass is 10.4. The molecule has 1 saturated heterocycles. The second-order valence-corrected chi connectivity index (χ2v) is 2.83. The number of hydrogen-bond donors (Lipinski definition) is 1. The van der Waals surface area contributed by atoms with Crippen molar-refractivity contribution in [3.63, 3.8) is 0 Å². The summed E-state index contributed by atoms with van der Waals surface area (Å²) in [6, 6.07) is 0. The predicted octanol–water partition coefficient (Wildman–Crippen LogP) is -1.23. The van der Waals surface area contributed by atoms with E-state index in [1.54, 1.807) is 0 Å². The van der Waals surface area contributed by atoms with Crippen molar-refractivity contribution in [2.45, 2.75) is 0 Å². The van der Waals surface area contributed by atoms with Gasteiger partial charge in [-0.15, -0.1) is 12.4 Å². The molecule has 0 aromatic rings. The monoisotopic (exact) mass is 238 g/mol. The van der Waals surface area contributed by atoms with Gasteiger partial charge in [-0.2, -0.15) is 0 Å². The van der Waals surface area contributed by atoms with Crippen LogP contribution in [-0.4, -0.2) is 56.2 Å². The lowest BCUT2D eigenvalue weighted by molar-refractivity contribution is -0.159. The summed E-state index contributed by atoms with van der Waals surface area (Å²) in [5, 5.41) is 0. The van der Waals surface area contributed by atoms with E-state index in [1.807, 2.05) is 0 Å². The molecule has 1 heterocycles. The van der Waals surface area contributed by atoms with Gasteiger partial charge < -0.3 is 15.2 Å². The number of morpholine rings is 1. The Balaban J connectivity index is 0.00000196. The summed E-state index contributed by atoms with van der Waals surface area (Å²) in [6.45, 7) is 1.43. The predicted molar refractivity (Wildman–Crippen MR) is 54.7 cm³/mol. The molecule has 0 atom stereocenters. The summed E-state index contributed by atoms with van der Waals surface area (Å²) >= 11 is 0. The minimum absolute atomic E-state index is 0. The summed E-state index contributed by atoms with van der Waals surface area (Å²) in [5.41, 5.74) is 5.21. The molecule has 0 bridgehead atoms. The van der Waals surface area contributed by atoms with Gasteiger partial charge in [0.05, 0.1) is 19.8 Å². The fourth-order valence-electron chi connectivity index (χ4n) is 1.11. The van der Waals surface area contributed by atoms with Crippen LogP contribution >= 0.6 is 12.4 Å². The summed E-state index contributed by atoms with van der Waals surface area (Å²) < 4.78 is 9.82. The highest BCUT2D eigenvalue weighted by molar-refractivity contribution is 5.98. The molecule has 15 heavy (non-hydrogen) atoms. The number of ether oxygens (including phenoxy) is 2. The molecule has 0 aromatic heterocycles. The van der Waals surface area contributed by atoms with Gasteiger partial charge >= 0.3 is 0 Å². The van der Waals surface area contributed by atoms with E-state index in [2.05, 4.69) is 0 Å². The van der Waals surface area contributed by atoms with Gasteiger partial charge in [0, 0.05) is 6.54 Å². The maximum absolute atomic E-state index is 11.2. The van der Waals surface area contributed by atoms with E-state index < -0.39 is 0 Å². The Bertz CT molecular complexity index is 209. The number of rotatable bonds is 5. The first-order valence-electron chi connectivity index (χ1n) is 4.44. The van der Waals surface area contributed by atoms with Gasteiger partial charge in [0.1, 0.15) is 13.2 Å². The smallest absolute Gasteiger partial charge is 0.255 e. The molecular formula is C8H15ClN2O4. The second-order valence-electron chi connectivity index (χ2n) is 2.83. The zero-order valence-electron chi connectivity index (χ0n) is 8.31. The first-order valence-corrected chi connectivity index (χ1v) is 4.44. The minimum Gasteiger partial charge on any atom is -0.378 e. The SMILES string of the molecule is Cl.NCCOCCN1C(=O)COCC1=O. The van der Waals surface area contributed by atoms with Crippen LogP contribution in [0.3, 0.4) is 0 Å². The first kappa shape index (κ1) is 14.3. The quantitative estimate of drug-likeness (QED) is 0.479. The van der Waals surface area contributed by atoms with Crippen molar-refractivity contribution in [3.05, 3.63) is 0 Å². The fourth-order valence-corrected chi connectivity index (χ4v) is 1.11. The van der Waals surface area contributed by atoms with Gasteiger partial charge in [0.25, 0.3) is 11.8 Å². The third-order valence-corrected chi connectivity index (χ3v) is 1.77. The van der Waals surface area contributed by atoms with Gasteiger partial charge in [-0.3, -0.25) is 14.5 Å². The summed E-state index contributed by atoms with van der Waals surface area (Å²) in [5.74, 6) is -0.616. The van der Waals surface area contributed by atoms with Gasteiger partial charge in [-0.25, -0.2) is 0 Å². The number of imide groups is 1. The molecule has 0 aliphatic carbocycles. The first-order chi connectivity index (χ1) is 6.75. The molecule has 88 valence electrons. The number of hydrogen-bond acceptors (Lipinski definition) is 5. The zero-order valence-corrected chi connectivity index (χ0v) is 9.12. The van der Waals surface area contributed by atoms with Crippen LogP contribution in [0, 0.1) is 0 Å². The molecule has 2 amide bonds. The second kappa shape index (κ2) is 7.58. The largest absolute Gasteiger partial charge is 0.378 e. The van der Waals surface area contributed by atoms with Crippen molar-refractivity contribution in [3.8, 4) is 0 Å². The van der Waals surface area contributed by atoms with Crippen LogP contribution in [0.15, 0.2) is 0 Å². The highest BCUT2D eigenvalue weighted by Gasteiger charge is 2.25. The summed E-state index contributed by atoms with van der Waals surface area (Å²) in [7, 11) is 0. The van der Waals surface area contributed by atoms with Crippen molar-refractivity contribution >= 4 is 24.2 Å². The van der Waals surface area contributed by atoms with Crippen LogP contribution in [0.4, 0.5) is 0 Å². The molecule has 0 saturated carbocycles. The Morgan fingerprint density at radius 2 is 1.87 bits per heavy atom. The average Bonchev–Trinajstić information content (AvgIpc) is 2.16. The van der Waals surface area contributed by atoms with Crippen LogP contribution in [0.1, 0.15) is 0 Å². The van der Waals surface area contributed by atoms with Crippen LogP contribution in [0.2, 0.25) is 0 Å². The normalized spacial score (nSPS) is 16.5. The number of amides is 2. The van der Waals surface area contributed by atoms with E-state index in [0.29, 0.717) is 19.8 Å². The van der Waals surface area contributed by atoms with Crippen molar-refractivity contribution < 1.29 is 19.1 Å². The Hall–Kier alpha value is -0.690. The van der Waals surface area contributed by atoms with E-state index in [-0.39, 0.29) is 44.0 Å². The van der Waals surface area contributed by atoms with Crippen molar-refractivity contribution in [2.24, 2.45) is 5.73 Å². The lowest BCUT2D eigenvalue weighted by Crippen LogP contribution is -2.47. The Morgan fingerprint density at radius 3 is 2.40 bits per heavy atom. The molecule has 0 aromatic carbocycles. The van der Waals surface area contributed by atoms with Crippen molar-refractivity contribution in [2.75, 3.05) is 39.5 Å². The van der Waals surface area contributed by atoms with Crippen LogP contribution in [0.5, 0.6) is 0 Å². The van der Waals surface area contributed by atoms with Crippen LogP contribution < -0.4 is 5.73 Å². The number of halogens is 1. The molecule has 2 N–H and O–H groups in total. The molecule has 1 aliphatic rings. The molecular weight excluding hydrogens is 224 g/mol. The van der Waals surface area contributed by atoms with Crippen molar-refractivity contribution in [1.82, 2.24) is 4.90 Å². The Morgan fingerprint density at radius 1 is 1.27 bits per heavy atom. The fraction of sp³-hybridized carbons (Fsp3) is 0.750. The van der Waals surface area contributed by atoms with Gasteiger partial charge in [0.15, 0.2) is 0 Å². The number of nitrogens with two attached hydrogens (primary N) is 1. The van der Waals surface area contributed by atoms with Gasteiger partial charge in [-0.1, -0.05) is 0 Å². The molecule has 0 unspecified atom stereocenters. The molecule has 1 rings (SSSR count). The molecule has 1 aliphatic heterocycles. The summed E-state index contributed by atoms with van der Waals surface area (Å²) in [6.07, 6.45) is 0. The third-order valence-electron chi connectivity index (χ3n) is 1.77. The van der Waals surface area contributed by atoms with E-state index in [9.17, 15) is 9.59 Å². The van der Waals surface area contributed by atoms with E-state index in [4.69, 9.17) is 15.2 Å². The third kappa shape index (κ3) is 4.57. The average molecular weight is 239 g/mol. The zero-order chi connectivity index (χ0) is 10.4. The Kier molecular flexibility index (Phi) is 7.23. The molecule has 1 fully saturated rings. The summed E-state index contributed by atoms with van der Waals surface area (Å²) in [4.78, 5) is 23.5. The number of carbonyl (C=O) groups is 2. The van der Waals surface area contributed by atoms with Gasteiger partial charge in [-0.05, 0) is 0 Å². The lowest BCUT2D eigenvalue weighted by Gasteiger charge is -2.24. The van der Waals surface area contributed by atoms with E-state index in [0.717, 1.165) is 4.90 Å². The van der Waals surface area contributed by atoms with Gasteiger partial charge in [0.2, 0.25) is 0 Å². The van der Waals surface area contributed by atoms with E-state index in [1.165, 1.54) is 0 Å². The standard InChI is InChI=1S/C8H14N2O4.ClH/c9-1-3-13-4-2-10-7(11)5-14-6-8(10)12;/h1-6,9H2;1H. The topological polar surface area (TPSA) is 81.9 Å². The molecule has 0 radical (unpaired) electrons. The molecule has 7 heteroatoms. The molecule has 6 nitrogen and oxygen atoms in total.